The first-order valence-electron chi connectivity index (χ1n) is 4.55. The fourth-order valence-electron chi connectivity index (χ4n) is 1.54. The largest absolute Gasteiger partial charge is 0.464 e. The van der Waals surface area contributed by atoms with E-state index in [1.165, 1.54) is 0 Å². The number of hydrogen-bond acceptors (Lipinski definition) is 3. The van der Waals surface area contributed by atoms with Crippen LogP contribution in [0.3, 0.4) is 0 Å². The van der Waals surface area contributed by atoms with Gasteiger partial charge in [0.2, 0.25) is 0 Å². The Morgan fingerprint density at radius 2 is 1.94 bits per heavy atom. The zero-order valence-corrected chi connectivity index (χ0v) is 11.3. The Kier molecular flexibility index (Phi) is 3.33. The average Bonchev–Trinajstić information content (AvgIpc) is 2.71. The molecular formula is C10H5BrF3NO2S. The van der Waals surface area contributed by atoms with Gasteiger partial charge in [-0.15, -0.1) is 0 Å². The van der Waals surface area contributed by atoms with Crippen molar-refractivity contribution in [3.63, 3.8) is 0 Å². The van der Waals surface area contributed by atoms with E-state index in [0.29, 0.717) is 0 Å². The second-order valence-corrected chi connectivity index (χ2v) is 4.54. The summed E-state index contributed by atoms with van der Waals surface area (Å²) in [5.74, 6) is -4.54. The third kappa shape index (κ3) is 1.71. The molecule has 3 nitrogen and oxygen atoms in total. The van der Waals surface area contributed by atoms with E-state index in [1.54, 1.807) is 0 Å². The van der Waals surface area contributed by atoms with Gasteiger partial charge in [-0.3, -0.25) is 3.97 Å². The lowest BCUT2D eigenvalue weighted by atomic mass is 10.2. The fraction of sp³-hybridized carbons (Fsp3) is 0.100. The summed E-state index contributed by atoms with van der Waals surface area (Å²) in [5, 5.41) is -0.267. The van der Waals surface area contributed by atoms with Crippen LogP contribution in [0.15, 0.2) is 10.5 Å². The van der Waals surface area contributed by atoms with Crippen molar-refractivity contribution in [1.29, 1.82) is 0 Å². The Bertz CT molecular complexity index is 671. The number of fused-ring (bicyclic) bond motifs is 1. The van der Waals surface area contributed by atoms with Gasteiger partial charge in [0, 0.05) is 5.39 Å². The molecular weight excluding hydrogens is 335 g/mol. The zero-order chi connectivity index (χ0) is 13.6. The van der Waals surface area contributed by atoms with Crippen molar-refractivity contribution < 1.29 is 22.7 Å². The number of carbonyl (C=O) groups excluding carboxylic acids is 1. The van der Waals surface area contributed by atoms with Crippen molar-refractivity contribution in [3.05, 3.63) is 33.7 Å². The quantitative estimate of drug-likeness (QED) is 0.374. The SMILES string of the molecule is COC(=O)c1cc2c(F)c(Br)c(F)c(F)c2n1S. The second-order valence-electron chi connectivity index (χ2n) is 3.35. The van der Waals surface area contributed by atoms with Gasteiger partial charge in [0.25, 0.3) is 0 Å². The maximum atomic E-state index is 13.7. The predicted octanol–water partition coefficient (Wildman–Crippen LogP) is 3.30. The number of aromatic nitrogens is 1. The Labute approximate surface area is 113 Å². The molecule has 0 aliphatic rings. The first-order valence-corrected chi connectivity index (χ1v) is 5.74. The molecule has 0 unspecified atom stereocenters. The molecule has 0 amide bonds. The first-order chi connectivity index (χ1) is 8.40. The van der Waals surface area contributed by atoms with Crippen LogP contribution in [0.1, 0.15) is 10.5 Å². The lowest BCUT2D eigenvalue weighted by Crippen LogP contribution is -2.05. The minimum atomic E-state index is -1.38. The second kappa shape index (κ2) is 4.51. The first kappa shape index (κ1) is 13.3. The number of halogens is 4. The molecule has 0 N–H and O–H groups in total. The molecule has 2 rings (SSSR count). The zero-order valence-electron chi connectivity index (χ0n) is 8.80. The fourth-order valence-corrected chi connectivity index (χ4v) is 2.27. The number of methoxy groups -OCH3 is 1. The Hall–Kier alpha value is -1.15. The van der Waals surface area contributed by atoms with Crippen LogP contribution in [-0.4, -0.2) is 17.1 Å². The van der Waals surface area contributed by atoms with Crippen LogP contribution in [0.5, 0.6) is 0 Å². The van der Waals surface area contributed by atoms with Crippen LogP contribution < -0.4 is 0 Å². The average molecular weight is 340 g/mol. The summed E-state index contributed by atoms with van der Waals surface area (Å²) < 4.78 is 45.3. The molecule has 0 fully saturated rings. The number of carbonyl (C=O) groups is 1. The van der Waals surface area contributed by atoms with Crippen LogP contribution in [0.25, 0.3) is 10.9 Å². The summed E-state index contributed by atoms with van der Waals surface area (Å²) in [7, 11) is 1.11. The highest BCUT2D eigenvalue weighted by molar-refractivity contribution is 9.10. The number of hydrogen-bond donors (Lipinski definition) is 1. The molecule has 1 aromatic heterocycles. The van der Waals surface area contributed by atoms with E-state index in [4.69, 9.17) is 0 Å². The minimum Gasteiger partial charge on any atom is -0.464 e. The van der Waals surface area contributed by atoms with Crippen molar-refractivity contribution in [2.45, 2.75) is 0 Å². The van der Waals surface area contributed by atoms with Crippen molar-refractivity contribution in [2.75, 3.05) is 7.11 Å². The molecule has 0 aliphatic heterocycles. The van der Waals surface area contributed by atoms with Gasteiger partial charge in [0.1, 0.15) is 17.0 Å². The Morgan fingerprint density at radius 1 is 1.33 bits per heavy atom. The minimum absolute atomic E-state index is 0.203. The monoisotopic (exact) mass is 339 g/mol. The van der Waals surface area contributed by atoms with Crippen LogP contribution in [0.2, 0.25) is 0 Å². The topological polar surface area (TPSA) is 31.2 Å². The molecule has 0 spiro atoms. The van der Waals surface area contributed by atoms with Crippen LogP contribution >= 0.6 is 28.7 Å². The molecule has 2 aromatic rings. The van der Waals surface area contributed by atoms with E-state index >= 15 is 0 Å². The lowest BCUT2D eigenvalue weighted by Gasteiger charge is -2.04. The molecule has 0 aliphatic carbocycles. The number of rotatable bonds is 1. The van der Waals surface area contributed by atoms with Gasteiger partial charge >= 0.3 is 5.97 Å². The van der Waals surface area contributed by atoms with Gasteiger partial charge in [-0.25, -0.2) is 18.0 Å². The summed E-state index contributed by atoms with van der Waals surface area (Å²) in [5.41, 5.74) is -0.664. The summed E-state index contributed by atoms with van der Waals surface area (Å²) in [6.45, 7) is 0. The van der Waals surface area contributed by atoms with Gasteiger partial charge in [0.15, 0.2) is 11.6 Å². The number of esters is 1. The number of ether oxygens (including phenoxy) is 1. The molecule has 0 radical (unpaired) electrons. The van der Waals surface area contributed by atoms with E-state index in [-0.39, 0.29) is 11.1 Å². The summed E-state index contributed by atoms with van der Waals surface area (Å²) in [4.78, 5) is 11.4. The van der Waals surface area contributed by atoms with E-state index in [9.17, 15) is 18.0 Å². The van der Waals surface area contributed by atoms with Gasteiger partial charge in [-0.05, 0) is 22.0 Å². The van der Waals surface area contributed by atoms with Crippen molar-refractivity contribution in [3.8, 4) is 0 Å². The molecule has 8 heteroatoms. The molecule has 0 bridgehead atoms. The molecule has 96 valence electrons. The van der Waals surface area contributed by atoms with Gasteiger partial charge in [0.05, 0.1) is 11.6 Å². The Morgan fingerprint density at radius 3 is 2.50 bits per heavy atom. The highest BCUT2D eigenvalue weighted by Crippen LogP contribution is 2.33. The van der Waals surface area contributed by atoms with Crippen molar-refractivity contribution >= 4 is 45.6 Å². The summed E-state index contributed by atoms with van der Waals surface area (Å²) in [6, 6.07) is 1.04. The standard InChI is InChI=1S/C10H5BrF3NO2S/c1-17-10(16)4-2-3-6(12)5(11)7(13)8(14)9(3)15(4)18/h2,18H,1H3. The third-order valence-electron chi connectivity index (χ3n) is 2.39. The van der Waals surface area contributed by atoms with Crippen LogP contribution in [0, 0.1) is 17.5 Å². The molecule has 0 saturated carbocycles. The van der Waals surface area contributed by atoms with Crippen molar-refractivity contribution in [2.24, 2.45) is 0 Å². The highest BCUT2D eigenvalue weighted by atomic mass is 79.9. The molecule has 1 aromatic carbocycles. The van der Waals surface area contributed by atoms with E-state index < -0.39 is 33.4 Å². The van der Waals surface area contributed by atoms with E-state index in [1.807, 2.05) is 0 Å². The number of thiol groups is 1. The van der Waals surface area contributed by atoms with Gasteiger partial charge < -0.3 is 4.74 Å². The normalized spacial score (nSPS) is 11.0. The Balaban J connectivity index is 2.93. The van der Waals surface area contributed by atoms with Gasteiger partial charge in [-0.2, -0.15) is 0 Å². The van der Waals surface area contributed by atoms with Crippen LogP contribution in [-0.2, 0) is 4.74 Å². The number of benzene rings is 1. The smallest absolute Gasteiger partial charge is 0.355 e. The molecule has 0 atom stereocenters. The van der Waals surface area contributed by atoms with E-state index in [0.717, 1.165) is 17.1 Å². The van der Waals surface area contributed by atoms with Crippen LogP contribution in [0.4, 0.5) is 13.2 Å². The van der Waals surface area contributed by atoms with Gasteiger partial charge in [-0.1, -0.05) is 12.8 Å². The third-order valence-corrected chi connectivity index (χ3v) is 3.50. The molecule has 0 saturated heterocycles. The molecule has 18 heavy (non-hydrogen) atoms. The maximum Gasteiger partial charge on any atom is 0.355 e. The molecule has 1 heterocycles. The number of nitrogens with zero attached hydrogens (tertiary/aromatic N) is 1. The lowest BCUT2D eigenvalue weighted by molar-refractivity contribution is 0.0594. The summed E-state index contributed by atoms with van der Waals surface area (Å²) >= 11 is 6.43. The summed E-state index contributed by atoms with van der Waals surface area (Å²) in [6.07, 6.45) is 0. The predicted molar refractivity (Wildman–Crippen MR) is 65.2 cm³/mol. The highest BCUT2D eigenvalue weighted by Gasteiger charge is 2.25. The van der Waals surface area contributed by atoms with E-state index in [2.05, 4.69) is 33.5 Å². The maximum absolute atomic E-state index is 13.7. The van der Waals surface area contributed by atoms with Crippen molar-refractivity contribution in [1.82, 2.24) is 3.97 Å².